The summed E-state index contributed by atoms with van der Waals surface area (Å²) in [5, 5.41) is -0.387. The lowest BCUT2D eigenvalue weighted by molar-refractivity contribution is -0.138. The highest BCUT2D eigenvalue weighted by atomic mass is 35.5. The molecule has 21 heavy (non-hydrogen) atoms. The van der Waals surface area contributed by atoms with Crippen LogP contribution in [-0.2, 0) is 12.4 Å². The van der Waals surface area contributed by atoms with Crippen molar-refractivity contribution in [2.45, 2.75) is 12.4 Å². The molecule has 0 aliphatic rings. The average Bonchev–Trinajstić information content (AvgIpc) is 2.36. The number of hydrogen-bond acceptors (Lipinski definition) is 0. The van der Waals surface area contributed by atoms with Gasteiger partial charge in [0.1, 0.15) is 0 Å². The molecule has 2 aromatic carbocycles. The molecule has 0 aliphatic heterocycles. The van der Waals surface area contributed by atoms with Crippen molar-refractivity contribution >= 4 is 11.6 Å². The van der Waals surface area contributed by atoms with Crippen LogP contribution in [0.25, 0.3) is 11.1 Å². The van der Waals surface area contributed by atoms with Gasteiger partial charge in [-0.25, -0.2) is 0 Å². The topological polar surface area (TPSA) is 0 Å². The largest absolute Gasteiger partial charge is 0.417 e. The monoisotopic (exact) mass is 324 g/mol. The average molecular weight is 325 g/mol. The molecule has 0 radical (unpaired) electrons. The summed E-state index contributed by atoms with van der Waals surface area (Å²) in [5.41, 5.74) is -2.33. The van der Waals surface area contributed by atoms with Crippen molar-refractivity contribution in [1.82, 2.24) is 0 Å². The van der Waals surface area contributed by atoms with E-state index in [4.69, 9.17) is 11.6 Å². The van der Waals surface area contributed by atoms with E-state index in [1.54, 1.807) is 0 Å². The second-order valence-electron chi connectivity index (χ2n) is 4.24. The summed E-state index contributed by atoms with van der Waals surface area (Å²) < 4.78 is 76.3. The van der Waals surface area contributed by atoms with Gasteiger partial charge in [0, 0.05) is 10.6 Å². The van der Waals surface area contributed by atoms with E-state index in [0.29, 0.717) is 12.1 Å². The Morgan fingerprint density at radius 1 is 0.714 bits per heavy atom. The first-order chi connectivity index (χ1) is 9.60. The zero-order valence-electron chi connectivity index (χ0n) is 10.2. The number of alkyl halides is 6. The van der Waals surface area contributed by atoms with Gasteiger partial charge in [-0.3, -0.25) is 0 Å². The molecule has 0 fully saturated rings. The molecule has 0 atom stereocenters. The fourth-order valence-corrected chi connectivity index (χ4v) is 2.16. The minimum absolute atomic E-state index is 0.0995. The van der Waals surface area contributed by atoms with Crippen molar-refractivity contribution in [3.8, 4) is 11.1 Å². The Balaban J connectivity index is 2.59. The maximum absolute atomic E-state index is 12.9. The summed E-state index contributed by atoms with van der Waals surface area (Å²) in [6.45, 7) is 0. The summed E-state index contributed by atoms with van der Waals surface area (Å²) in [5.74, 6) is 0. The van der Waals surface area contributed by atoms with Crippen molar-refractivity contribution < 1.29 is 26.3 Å². The third-order valence-electron chi connectivity index (χ3n) is 2.82. The molecule has 0 saturated carbocycles. The van der Waals surface area contributed by atoms with Crippen LogP contribution < -0.4 is 0 Å². The predicted octanol–water partition coefficient (Wildman–Crippen LogP) is 6.04. The molecule has 0 spiro atoms. The Kier molecular flexibility index (Phi) is 3.93. The highest BCUT2D eigenvalue weighted by Gasteiger charge is 2.35. The summed E-state index contributed by atoms with van der Waals surface area (Å²) in [6, 6.07) is 6.83. The van der Waals surface area contributed by atoms with Gasteiger partial charge >= 0.3 is 12.4 Å². The normalized spacial score (nSPS) is 12.5. The second-order valence-corrected chi connectivity index (χ2v) is 4.64. The molecule has 0 N–H and O–H groups in total. The second kappa shape index (κ2) is 5.26. The van der Waals surface area contributed by atoms with E-state index in [1.165, 1.54) is 12.1 Å². The molecule has 0 aromatic heterocycles. The summed E-state index contributed by atoms with van der Waals surface area (Å²) in [7, 11) is 0. The SMILES string of the molecule is FC(F)(F)c1ccc(-c2ccccc2C(F)(F)F)c(Cl)c1. The number of hydrogen-bond donors (Lipinski definition) is 0. The molecular formula is C14H7ClF6. The first-order valence-electron chi connectivity index (χ1n) is 5.64. The molecule has 0 saturated heterocycles. The zero-order chi connectivity index (χ0) is 15.8. The Bertz CT molecular complexity index is 657. The molecular weight excluding hydrogens is 318 g/mol. The number of halogens is 7. The van der Waals surface area contributed by atoms with Gasteiger partial charge in [0.2, 0.25) is 0 Å². The van der Waals surface area contributed by atoms with Crippen LogP contribution in [0.5, 0.6) is 0 Å². The van der Waals surface area contributed by atoms with Crippen LogP contribution in [0.2, 0.25) is 5.02 Å². The number of benzene rings is 2. The Labute approximate surface area is 121 Å². The minimum atomic E-state index is -4.62. The van der Waals surface area contributed by atoms with Gasteiger partial charge in [-0.05, 0) is 23.8 Å². The molecule has 2 aromatic rings. The standard InChI is InChI=1S/C14H7ClF6/c15-12-7-8(13(16,17)18)5-6-10(12)9-3-1-2-4-11(9)14(19,20)21/h1-7H. The maximum atomic E-state index is 12.9. The van der Waals surface area contributed by atoms with Crippen LogP contribution in [0.1, 0.15) is 11.1 Å². The van der Waals surface area contributed by atoms with Crippen LogP contribution in [-0.4, -0.2) is 0 Å². The Morgan fingerprint density at radius 2 is 1.33 bits per heavy atom. The third kappa shape index (κ3) is 3.32. The predicted molar refractivity (Wildman–Crippen MR) is 66.9 cm³/mol. The van der Waals surface area contributed by atoms with E-state index in [0.717, 1.165) is 18.2 Å². The van der Waals surface area contributed by atoms with Gasteiger partial charge in [-0.2, -0.15) is 26.3 Å². The molecule has 2 rings (SSSR count). The van der Waals surface area contributed by atoms with Crippen molar-refractivity contribution in [3.63, 3.8) is 0 Å². The van der Waals surface area contributed by atoms with E-state index in [-0.39, 0.29) is 16.1 Å². The molecule has 0 bridgehead atoms. The van der Waals surface area contributed by atoms with Crippen LogP contribution in [0.15, 0.2) is 42.5 Å². The molecule has 0 unspecified atom stereocenters. The summed E-state index contributed by atoms with van der Waals surface area (Å²) in [4.78, 5) is 0. The zero-order valence-corrected chi connectivity index (χ0v) is 10.9. The summed E-state index contributed by atoms with van der Waals surface area (Å²) in [6.07, 6.45) is -9.23. The van der Waals surface area contributed by atoms with E-state index < -0.39 is 23.5 Å². The van der Waals surface area contributed by atoms with Gasteiger partial charge in [0.25, 0.3) is 0 Å². The lowest BCUT2D eigenvalue weighted by Gasteiger charge is -2.15. The fourth-order valence-electron chi connectivity index (χ4n) is 1.88. The van der Waals surface area contributed by atoms with Crippen LogP contribution >= 0.6 is 11.6 Å². The first kappa shape index (κ1) is 15.7. The van der Waals surface area contributed by atoms with Gasteiger partial charge in [0.05, 0.1) is 11.1 Å². The van der Waals surface area contributed by atoms with Crippen molar-refractivity contribution in [3.05, 3.63) is 58.6 Å². The molecule has 0 heterocycles. The van der Waals surface area contributed by atoms with Crippen molar-refractivity contribution in [2.24, 2.45) is 0 Å². The van der Waals surface area contributed by atoms with E-state index in [9.17, 15) is 26.3 Å². The van der Waals surface area contributed by atoms with Crippen molar-refractivity contribution in [1.29, 1.82) is 0 Å². The van der Waals surface area contributed by atoms with E-state index >= 15 is 0 Å². The van der Waals surface area contributed by atoms with E-state index in [1.807, 2.05) is 0 Å². The van der Waals surface area contributed by atoms with Gasteiger partial charge < -0.3 is 0 Å². The molecule has 0 nitrogen and oxygen atoms in total. The number of rotatable bonds is 1. The lowest BCUT2D eigenvalue weighted by atomic mass is 9.98. The smallest absolute Gasteiger partial charge is 0.166 e. The quantitative estimate of drug-likeness (QED) is 0.561. The fraction of sp³-hybridized carbons (Fsp3) is 0.143. The molecule has 112 valence electrons. The highest BCUT2D eigenvalue weighted by Crippen LogP contribution is 2.41. The van der Waals surface area contributed by atoms with Crippen LogP contribution in [0.3, 0.4) is 0 Å². The maximum Gasteiger partial charge on any atom is 0.417 e. The molecule has 0 aliphatic carbocycles. The first-order valence-corrected chi connectivity index (χ1v) is 6.02. The van der Waals surface area contributed by atoms with Crippen molar-refractivity contribution in [2.75, 3.05) is 0 Å². The van der Waals surface area contributed by atoms with Crippen LogP contribution in [0, 0.1) is 0 Å². The van der Waals surface area contributed by atoms with Gasteiger partial charge in [-0.1, -0.05) is 35.9 Å². The third-order valence-corrected chi connectivity index (χ3v) is 3.13. The van der Waals surface area contributed by atoms with Gasteiger partial charge in [-0.15, -0.1) is 0 Å². The van der Waals surface area contributed by atoms with Gasteiger partial charge in [0.15, 0.2) is 0 Å². The lowest BCUT2D eigenvalue weighted by Crippen LogP contribution is -2.08. The molecule has 0 amide bonds. The Hall–Kier alpha value is -1.69. The summed E-state index contributed by atoms with van der Waals surface area (Å²) >= 11 is 5.72. The van der Waals surface area contributed by atoms with Crippen LogP contribution in [0.4, 0.5) is 26.3 Å². The molecule has 7 heteroatoms. The Morgan fingerprint density at radius 3 is 1.86 bits per heavy atom. The highest BCUT2D eigenvalue weighted by molar-refractivity contribution is 6.33. The van der Waals surface area contributed by atoms with E-state index in [2.05, 4.69) is 0 Å². The minimum Gasteiger partial charge on any atom is -0.166 e.